The van der Waals surface area contributed by atoms with Crippen molar-refractivity contribution in [1.29, 1.82) is 0 Å². The van der Waals surface area contributed by atoms with Crippen LogP contribution in [-0.2, 0) is 13.0 Å². The Morgan fingerprint density at radius 3 is 2.76 bits per heavy atom. The molecule has 0 unspecified atom stereocenters. The molecule has 0 aliphatic rings. The van der Waals surface area contributed by atoms with Gasteiger partial charge >= 0.3 is 0 Å². The van der Waals surface area contributed by atoms with E-state index in [9.17, 15) is 4.79 Å². The molecule has 2 heterocycles. The summed E-state index contributed by atoms with van der Waals surface area (Å²) < 4.78 is 5.26. The summed E-state index contributed by atoms with van der Waals surface area (Å²) in [4.78, 5) is 23.6. The third-order valence-electron chi connectivity index (χ3n) is 4.14. The Labute approximate surface area is 146 Å². The number of rotatable bonds is 5. The molecular weight excluding hydrogens is 316 g/mol. The summed E-state index contributed by atoms with van der Waals surface area (Å²) in [6.07, 6.45) is 2.37. The SMILES string of the molecule is CCc1noc(CN(C(=O)c2ccnc3ccc(C)cc23)C(C)C)n1. The Kier molecular flexibility index (Phi) is 4.79. The molecule has 0 aliphatic heterocycles. The van der Waals surface area contributed by atoms with E-state index in [2.05, 4.69) is 15.1 Å². The first-order valence-corrected chi connectivity index (χ1v) is 8.47. The van der Waals surface area contributed by atoms with Crippen LogP contribution in [0.5, 0.6) is 0 Å². The second-order valence-electron chi connectivity index (χ2n) is 6.36. The van der Waals surface area contributed by atoms with Crippen LogP contribution in [0.15, 0.2) is 35.0 Å². The van der Waals surface area contributed by atoms with Crippen molar-refractivity contribution in [3.8, 4) is 0 Å². The average Bonchev–Trinajstić information content (AvgIpc) is 3.06. The molecule has 6 heteroatoms. The quantitative estimate of drug-likeness (QED) is 0.711. The maximum atomic E-state index is 13.2. The predicted molar refractivity (Wildman–Crippen MR) is 95.2 cm³/mol. The monoisotopic (exact) mass is 338 g/mol. The summed E-state index contributed by atoms with van der Waals surface area (Å²) in [6.45, 7) is 8.21. The first-order valence-electron chi connectivity index (χ1n) is 8.47. The summed E-state index contributed by atoms with van der Waals surface area (Å²) in [5, 5.41) is 4.77. The summed E-state index contributed by atoms with van der Waals surface area (Å²) in [5.74, 6) is 1.04. The van der Waals surface area contributed by atoms with Crippen LogP contribution in [0.3, 0.4) is 0 Å². The number of carbonyl (C=O) groups excluding carboxylic acids is 1. The summed E-state index contributed by atoms with van der Waals surface area (Å²) in [5.41, 5.74) is 2.54. The Balaban J connectivity index is 1.97. The van der Waals surface area contributed by atoms with Gasteiger partial charge in [0, 0.05) is 24.0 Å². The molecule has 6 nitrogen and oxygen atoms in total. The molecule has 0 N–H and O–H groups in total. The van der Waals surface area contributed by atoms with E-state index in [0.29, 0.717) is 30.2 Å². The lowest BCUT2D eigenvalue weighted by Gasteiger charge is -2.25. The van der Waals surface area contributed by atoms with Gasteiger partial charge in [0.05, 0.1) is 11.1 Å². The van der Waals surface area contributed by atoms with E-state index >= 15 is 0 Å². The molecule has 130 valence electrons. The van der Waals surface area contributed by atoms with Gasteiger partial charge in [-0.05, 0) is 39.0 Å². The van der Waals surface area contributed by atoms with Gasteiger partial charge in [-0.1, -0.05) is 23.7 Å². The van der Waals surface area contributed by atoms with Gasteiger partial charge in [0.25, 0.3) is 5.91 Å². The minimum Gasteiger partial charge on any atom is -0.337 e. The molecule has 0 bridgehead atoms. The van der Waals surface area contributed by atoms with Crippen LogP contribution < -0.4 is 0 Å². The number of aryl methyl sites for hydroxylation is 2. The van der Waals surface area contributed by atoms with Crippen LogP contribution in [0.1, 0.15) is 48.4 Å². The molecule has 0 radical (unpaired) electrons. The number of carbonyl (C=O) groups is 1. The molecule has 0 fully saturated rings. The van der Waals surface area contributed by atoms with Crippen molar-refractivity contribution in [2.75, 3.05) is 0 Å². The van der Waals surface area contributed by atoms with E-state index in [-0.39, 0.29) is 11.9 Å². The van der Waals surface area contributed by atoms with Gasteiger partial charge < -0.3 is 9.42 Å². The molecule has 25 heavy (non-hydrogen) atoms. The van der Waals surface area contributed by atoms with Crippen LogP contribution in [-0.4, -0.2) is 32.0 Å². The molecule has 0 spiro atoms. The fraction of sp³-hybridized carbons (Fsp3) is 0.368. The van der Waals surface area contributed by atoms with Crippen molar-refractivity contribution in [3.05, 3.63) is 53.3 Å². The van der Waals surface area contributed by atoms with Crippen molar-refractivity contribution in [1.82, 2.24) is 20.0 Å². The lowest BCUT2D eigenvalue weighted by atomic mass is 10.0. The van der Waals surface area contributed by atoms with Crippen LogP contribution in [0, 0.1) is 6.92 Å². The lowest BCUT2D eigenvalue weighted by molar-refractivity contribution is 0.0669. The number of fused-ring (bicyclic) bond motifs is 1. The van der Waals surface area contributed by atoms with Gasteiger partial charge in [0.2, 0.25) is 5.89 Å². The Hall–Kier alpha value is -2.76. The molecule has 0 saturated carbocycles. The predicted octanol–water partition coefficient (Wildman–Crippen LogP) is 3.54. The second kappa shape index (κ2) is 7.01. The standard InChI is InChI=1S/C19H22N4O2/c1-5-17-21-18(25-22-17)11-23(12(2)3)19(24)14-8-9-20-16-7-6-13(4)10-15(14)16/h6-10,12H,5,11H2,1-4H3. The topological polar surface area (TPSA) is 72.1 Å². The number of aromatic nitrogens is 3. The Morgan fingerprint density at radius 2 is 2.08 bits per heavy atom. The highest BCUT2D eigenvalue weighted by molar-refractivity contribution is 6.06. The summed E-state index contributed by atoms with van der Waals surface area (Å²) >= 11 is 0. The molecule has 0 aliphatic carbocycles. The maximum absolute atomic E-state index is 13.2. The van der Waals surface area contributed by atoms with Gasteiger partial charge in [0.1, 0.15) is 6.54 Å². The van der Waals surface area contributed by atoms with Gasteiger partial charge in [-0.25, -0.2) is 0 Å². The maximum Gasteiger partial charge on any atom is 0.255 e. The molecule has 0 atom stereocenters. The van der Waals surface area contributed by atoms with E-state index in [4.69, 9.17) is 4.52 Å². The molecule has 3 rings (SSSR count). The zero-order chi connectivity index (χ0) is 18.0. The fourth-order valence-electron chi connectivity index (χ4n) is 2.73. The number of amides is 1. The lowest BCUT2D eigenvalue weighted by Crippen LogP contribution is -2.36. The molecule has 0 saturated heterocycles. The third kappa shape index (κ3) is 3.52. The van der Waals surface area contributed by atoms with E-state index in [1.54, 1.807) is 17.2 Å². The highest BCUT2D eigenvalue weighted by atomic mass is 16.5. The average molecular weight is 338 g/mol. The Bertz CT molecular complexity index is 901. The minimum absolute atomic E-state index is 0.00231. The van der Waals surface area contributed by atoms with E-state index in [0.717, 1.165) is 16.5 Å². The van der Waals surface area contributed by atoms with Gasteiger partial charge in [-0.3, -0.25) is 9.78 Å². The van der Waals surface area contributed by atoms with Crippen LogP contribution in [0.2, 0.25) is 0 Å². The van der Waals surface area contributed by atoms with Gasteiger partial charge in [-0.15, -0.1) is 0 Å². The van der Waals surface area contributed by atoms with Crippen LogP contribution in [0.25, 0.3) is 10.9 Å². The zero-order valence-electron chi connectivity index (χ0n) is 15.0. The van der Waals surface area contributed by atoms with E-state index in [1.165, 1.54) is 0 Å². The molecule has 3 aromatic rings. The highest BCUT2D eigenvalue weighted by Crippen LogP contribution is 2.21. The summed E-state index contributed by atoms with van der Waals surface area (Å²) in [6, 6.07) is 7.69. The van der Waals surface area contributed by atoms with Crippen LogP contribution in [0.4, 0.5) is 0 Å². The number of hydrogen-bond acceptors (Lipinski definition) is 5. The normalized spacial score (nSPS) is 11.2. The van der Waals surface area contributed by atoms with E-state index < -0.39 is 0 Å². The minimum atomic E-state index is -0.0655. The summed E-state index contributed by atoms with van der Waals surface area (Å²) in [7, 11) is 0. The number of benzene rings is 1. The number of nitrogens with zero attached hydrogens (tertiary/aromatic N) is 4. The first-order chi connectivity index (χ1) is 12.0. The second-order valence-corrected chi connectivity index (χ2v) is 6.36. The highest BCUT2D eigenvalue weighted by Gasteiger charge is 2.23. The molecule has 2 aromatic heterocycles. The largest absolute Gasteiger partial charge is 0.337 e. The van der Waals surface area contributed by atoms with Crippen molar-refractivity contribution in [3.63, 3.8) is 0 Å². The first kappa shape index (κ1) is 17.1. The van der Waals surface area contributed by atoms with Crippen molar-refractivity contribution in [2.24, 2.45) is 0 Å². The Morgan fingerprint density at radius 1 is 1.28 bits per heavy atom. The third-order valence-corrected chi connectivity index (χ3v) is 4.14. The fourth-order valence-corrected chi connectivity index (χ4v) is 2.73. The number of hydrogen-bond donors (Lipinski definition) is 0. The number of pyridine rings is 1. The zero-order valence-corrected chi connectivity index (χ0v) is 15.0. The van der Waals surface area contributed by atoms with Gasteiger partial charge in [-0.2, -0.15) is 4.98 Å². The molecule has 1 aromatic carbocycles. The molecular formula is C19H22N4O2. The van der Waals surface area contributed by atoms with Crippen molar-refractivity contribution in [2.45, 2.75) is 46.7 Å². The smallest absolute Gasteiger partial charge is 0.255 e. The van der Waals surface area contributed by atoms with Crippen molar-refractivity contribution >= 4 is 16.8 Å². The van der Waals surface area contributed by atoms with Crippen LogP contribution >= 0.6 is 0 Å². The van der Waals surface area contributed by atoms with Gasteiger partial charge in [0.15, 0.2) is 5.82 Å². The molecule has 1 amide bonds. The van der Waals surface area contributed by atoms with Crippen molar-refractivity contribution < 1.29 is 9.32 Å². The van der Waals surface area contributed by atoms with E-state index in [1.807, 2.05) is 45.9 Å².